The summed E-state index contributed by atoms with van der Waals surface area (Å²) in [6.45, 7) is 15.8. The Balaban J connectivity index is 1.26. The van der Waals surface area contributed by atoms with Crippen molar-refractivity contribution in [1.29, 1.82) is 0 Å². The first-order chi connectivity index (χ1) is 18.9. The van der Waals surface area contributed by atoms with E-state index in [9.17, 15) is 9.90 Å². The highest BCUT2D eigenvalue weighted by molar-refractivity contribution is 5.69. The Labute approximate surface area is 235 Å². The van der Waals surface area contributed by atoms with E-state index in [4.69, 9.17) is 0 Å². The summed E-state index contributed by atoms with van der Waals surface area (Å²) in [5.41, 5.74) is 0.543. The van der Waals surface area contributed by atoms with Crippen molar-refractivity contribution >= 4 is 5.97 Å². The molecule has 2 fully saturated rings. The first-order valence-corrected chi connectivity index (χ1v) is 15.3. The molecular formula is C30H51N7O2. The number of H-pyrrole nitrogens is 1. The lowest BCUT2D eigenvalue weighted by Gasteiger charge is -2.42. The Kier molecular flexibility index (Phi) is 11.0. The number of carboxylic acid groups (broad SMARTS) is 1. The van der Waals surface area contributed by atoms with Gasteiger partial charge in [-0.25, -0.2) is 9.97 Å². The van der Waals surface area contributed by atoms with Crippen LogP contribution < -0.4 is 0 Å². The second-order valence-electron chi connectivity index (χ2n) is 11.9. The minimum atomic E-state index is -0.711. The molecule has 39 heavy (non-hydrogen) atoms. The molecule has 218 valence electrons. The number of nitrogens with one attached hydrogen (secondary N) is 1. The van der Waals surface area contributed by atoms with Crippen LogP contribution in [0.15, 0.2) is 24.8 Å². The maximum Gasteiger partial charge on any atom is 0.306 e. The molecule has 2 saturated heterocycles. The number of piperidine rings is 1. The monoisotopic (exact) mass is 541 g/mol. The van der Waals surface area contributed by atoms with E-state index >= 15 is 0 Å². The maximum atomic E-state index is 11.6. The van der Waals surface area contributed by atoms with E-state index in [1.54, 1.807) is 6.20 Å². The second-order valence-corrected chi connectivity index (χ2v) is 11.9. The van der Waals surface area contributed by atoms with Gasteiger partial charge in [-0.05, 0) is 89.5 Å². The average Bonchev–Trinajstić information content (AvgIpc) is 3.69. The molecule has 9 heteroatoms. The van der Waals surface area contributed by atoms with E-state index in [1.165, 1.54) is 58.3 Å². The number of carboxylic acids is 1. The molecule has 1 spiro atoms. The average molecular weight is 542 g/mol. The Bertz CT molecular complexity index is 979. The third-order valence-electron chi connectivity index (χ3n) is 9.44. The number of imidazole rings is 2. The van der Waals surface area contributed by atoms with Crippen molar-refractivity contribution in [3.05, 3.63) is 36.4 Å². The Morgan fingerprint density at radius 1 is 1.05 bits per heavy atom. The van der Waals surface area contributed by atoms with Gasteiger partial charge in [-0.3, -0.25) is 9.69 Å². The molecule has 0 aromatic carbocycles. The number of hydrogen-bond donors (Lipinski definition) is 2. The molecule has 2 aromatic heterocycles. The summed E-state index contributed by atoms with van der Waals surface area (Å²) in [7, 11) is 0. The number of carbonyl (C=O) groups is 1. The molecule has 2 N–H and O–H groups in total. The van der Waals surface area contributed by atoms with Gasteiger partial charge in [-0.15, -0.1) is 0 Å². The number of aromatic amines is 1. The van der Waals surface area contributed by atoms with E-state index in [1.807, 2.05) is 19.3 Å². The van der Waals surface area contributed by atoms with E-state index in [0.717, 1.165) is 37.2 Å². The highest BCUT2D eigenvalue weighted by atomic mass is 16.4. The van der Waals surface area contributed by atoms with Crippen LogP contribution >= 0.6 is 0 Å². The Hall–Kier alpha value is -2.23. The molecular weight excluding hydrogens is 490 g/mol. The number of aryl methyl sites for hydroxylation is 1. The zero-order valence-electron chi connectivity index (χ0n) is 24.5. The molecule has 2 aliphatic heterocycles. The van der Waals surface area contributed by atoms with E-state index in [2.05, 4.69) is 54.3 Å². The van der Waals surface area contributed by atoms with Crippen molar-refractivity contribution in [3.63, 3.8) is 0 Å². The third-order valence-corrected chi connectivity index (χ3v) is 9.44. The molecule has 0 amide bonds. The molecule has 2 aliphatic rings. The van der Waals surface area contributed by atoms with Crippen LogP contribution in [0.25, 0.3) is 0 Å². The summed E-state index contributed by atoms with van der Waals surface area (Å²) < 4.78 is 2.28. The van der Waals surface area contributed by atoms with Crippen molar-refractivity contribution in [2.24, 2.45) is 11.3 Å². The van der Waals surface area contributed by atoms with Crippen LogP contribution in [0.1, 0.15) is 83.8 Å². The summed E-state index contributed by atoms with van der Waals surface area (Å²) in [5.74, 6) is 0.902. The van der Waals surface area contributed by atoms with Gasteiger partial charge in [0.05, 0.1) is 19.0 Å². The Morgan fingerprint density at radius 2 is 1.82 bits per heavy atom. The molecule has 4 rings (SSSR count). The largest absolute Gasteiger partial charge is 0.481 e. The molecule has 2 aromatic rings. The number of aliphatic carboxylic acids is 1. The van der Waals surface area contributed by atoms with Gasteiger partial charge in [0.2, 0.25) is 0 Å². The smallest absolute Gasteiger partial charge is 0.306 e. The molecule has 9 nitrogen and oxygen atoms in total. The first-order valence-electron chi connectivity index (χ1n) is 15.3. The van der Waals surface area contributed by atoms with Crippen LogP contribution in [0.4, 0.5) is 0 Å². The number of aromatic nitrogens is 4. The number of hydrogen-bond acceptors (Lipinski definition) is 6. The highest BCUT2D eigenvalue weighted by Gasteiger charge is 2.40. The summed E-state index contributed by atoms with van der Waals surface area (Å²) >= 11 is 0. The zero-order valence-corrected chi connectivity index (χ0v) is 24.5. The van der Waals surface area contributed by atoms with Crippen LogP contribution in [0.5, 0.6) is 0 Å². The quantitative estimate of drug-likeness (QED) is 0.324. The molecule has 0 radical (unpaired) electrons. The fraction of sp³-hybridized carbons (Fsp3) is 0.767. The molecule has 0 saturated carbocycles. The SMILES string of the molecule is CCC(CCN(Cc1ncc[nH]1)Cc1nccn1CCCN1CCC2(CCN(C(CC)CC)CC2)C1)C(=O)O. The predicted molar refractivity (Wildman–Crippen MR) is 154 cm³/mol. The molecule has 0 aliphatic carbocycles. The summed E-state index contributed by atoms with van der Waals surface area (Å²) in [5, 5.41) is 9.51. The van der Waals surface area contributed by atoms with Gasteiger partial charge in [0.1, 0.15) is 11.6 Å². The maximum absolute atomic E-state index is 11.6. The van der Waals surface area contributed by atoms with Crippen molar-refractivity contribution in [3.8, 4) is 0 Å². The molecule has 1 atom stereocenters. The lowest BCUT2D eigenvalue weighted by molar-refractivity contribution is -0.142. The predicted octanol–water partition coefficient (Wildman–Crippen LogP) is 4.48. The topological polar surface area (TPSA) is 93.5 Å². The summed E-state index contributed by atoms with van der Waals surface area (Å²) in [6.07, 6.45) is 16.6. The summed E-state index contributed by atoms with van der Waals surface area (Å²) in [6, 6.07) is 0.768. The van der Waals surface area contributed by atoms with Crippen molar-refractivity contribution < 1.29 is 9.90 Å². The van der Waals surface area contributed by atoms with Gasteiger partial charge < -0.3 is 24.5 Å². The zero-order chi connectivity index (χ0) is 27.7. The Morgan fingerprint density at radius 3 is 2.49 bits per heavy atom. The first kappa shape index (κ1) is 29.7. The van der Waals surface area contributed by atoms with Crippen molar-refractivity contribution in [2.45, 2.75) is 97.8 Å². The van der Waals surface area contributed by atoms with E-state index in [-0.39, 0.29) is 5.92 Å². The minimum absolute atomic E-state index is 0.320. The lowest BCUT2D eigenvalue weighted by atomic mass is 9.77. The van der Waals surface area contributed by atoms with Crippen LogP contribution in [0.2, 0.25) is 0 Å². The highest BCUT2D eigenvalue weighted by Crippen LogP contribution is 2.41. The normalized spacial score (nSPS) is 19.0. The van der Waals surface area contributed by atoms with Gasteiger partial charge in [0, 0.05) is 43.9 Å². The van der Waals surface area contributed by atoms with Gasteiger partial charge in [-0.1, -0.05) is 20.8 Å². The van der Waals surface area contributed by atoms with Crippen molar-refractivity contribution in [2.75, 3.05) is 39.3 Å². The van der Waals surface area contributed by atoms with E-state index < -0.39 is 5.97 Å². The fourth-order valence-electron chi connectivity index (χ4n) is 6.81. The number of nitrogens with zero attached hydrogens (tertiary/aromatic N) is 6. The molecule has 1 unspecified atom stereocenters. The van der Waals surface area contributed by atoms with Crippen LogP contribution in [0.3, 0.4) is 0 Å². The van der Waals surface area contributed by atoms with Gasteiger partial charge in [0.25, 0.3) is 0 Å². The second kappa shape index (κ2) is 14.4. The van der Waals surface area contributed by atoms with Crippen LogP contribution in [-0.4, -0.2) is 90.6 Å². The van der Waals surface area contributed by atoms with Crippen molar-refractivity contribution in [1.82, 2.24) is 34.2 Å². The molecule has 0 bridgehead atoms. The van der Waals surface area contributed by atoms with Crippen LogP contribution in [0, 0.1) is 11.3 Å². The van der Waals surface area contributed by atoms with Crippen LogP contribution in [-0.2, 0) is 24.4 Å². The van der Waals surface area contributed by atoms with E-state index in [0.29, 0.717) is 37.9 Å². The number of likely N-dealkylation sites (tertiary alicyclic amines) is 2. The lowest BCUT2D eigenvalue weighted by Crippen LogP contribution is -2.45. The minimum Gasteiger partial charge on any atom is -0.481 e. The fourth-order valence-corrected chi connectivity index (χ4v) is 6.81. The van der Waals surface area contributed by atoms with Gasteiger partial charge >= 0.3 is 5.97 Å². The number of rotatable bonds is 16. The standard InChI is InChI=1S/C30H51N7O2/c1-4-25(29(38)39)8-17-35(22-27-31-12-13-32-27)23-28-33-14-21-37(28)16-7-15-34-18-9-30(24-34)10-19-36(20-11-30)26(5-2)6-3/h12-14,21,25-26H,4-11,15-20,22-24H2,1-3H3,(H,31,32)(H,38,39). The van der Waals surface area contributed by atoms with Gasteiger partial charge in [0.15, 0.2) is 0 Å². The van der Waals surface area contributed by atoms with Gasteiger partial charge in [-0.2, -0.15) is 0 Å². The molecule has 4 heterocycles. The summed E-state index contributed by atoms with van der Waals surface area (Å²) in [4.78, 5) is 31.5. The third kappa shape index (κ3) is 8.14.